The second-order valence-corrected chi connectivity index (χ2v) is 6.65. The predicted octanol–water partition coefficient (Wildman–Crippen LogP) is 2.64. The molecule has 1 heterocycles. The molecule has 0 saturated carbocycles. The zero-order valence-corrected chi connectivity index (χ0v) is 15.6. The van der Waals surface area contributed by atoms with Crippen LogP contribution >= 0.6 is 0 Å². The molecule has 2 atom stereocenters. The molecule has 0 spiro atoms. The number of morpholine rings is 1. The second kappa shape index (κ2) is 8.95. The molecule has 1 fully saturated rings. The van der Waals surface area contributed by atoms with Gasteiger partial charge in [0, 0.05) is 18.7 Å². The Bertz CT molecular complexity index is 823. The maximum absolute atomic E-state index is 13.1. The molecule has 7 heteroatoms. The first kappa shape index (κ1) is 20.0. The van der Waals surface area contributed by atoms with Crippen molar-refractivity contribution in [2.24, 2.45) is 0 Å². The Morgan fingerprint density at radius 3 is 2.50 bits per heavy atom. The molecular weight excluding hydrogens is 363 g/mol. The number of hydrogen-bond donors (Lipinski definition) is 2. The van der Waals surface area contributed by atoms with Crippen molar-refractivity contribution in [3.05, 3.63) is 65.5 Å². The molecule has 2 unspecified atom stereocenters. The molecule has 6 nitrogen and oxygen atoms in total. The van der Waals surface area contributed by atoms with E-state index in [1.165, 1.54) is 12.1 Å². The van der Waals surface area contributed by atoms with Gasteiger partial charge in [-0.05, 0) is 35.4 Å². The molecule has 3 rings (SSSR count). The highest BCUT2D eigenvalue weighted by Gasteiger charge is 2.37. The van der Waals surface area contributed by atoms with E-state index < -0.39 is 12.1 Å². The number of halogens is 1. The van der Waals surface area contributed by atoms with Crippen LogP contribution in [-0.4, -0.2) is 41.1 Å². The summed E-state index contributed by atoms with van der Waals surface area (Å²) >= 11 is 0. The van der Waals surface area contributed by atoms with E-state index in [-0.39, 0.29) is 37.4 Å². The van der Waals surface area contributed by atoms with Crippen LogP contribution in [0.5, 0.6) is 0 Å². The highest BCUT2D eigenvalue weighted by atomic mass is 19.1. The molecule has 28 heavy (non-hydrogen) atoms. The number of anilines is 1. The van der Waals surface area contributed by atoms with Crippen molar-refractivity contribution in [1.82, 2.24) is 4.90 Å². The average Bonchev–Trinajstić information content (AvgIpc) is 2.71. The van der Waals surface area contributed by atoms with Gasteiger partial charge in [-0.3, -0.25) is 9.59 Å². The molecule has 1 saturated heterocycles. The summed E-state index contributed by atoms with van der Waals surface area (Å²) in [7, 11) is 0. The maximum atomic E-state index is 13.1. The number of rotatable bonds is 6. The summed E-state index contributed by atoms with van der Waals surface area (Å²) in [5.41, 5.74) is 2.24. The van der Waals surface area contributed by atoms with Gasteiger partial charge in [0.2, 0.25) is 11.8 Å². The van der Waals surface area contributed by atoms with Crippen molar-refractivity contribution in [1.29, 1.82) is 0 Å². The predicted molar refractivity (Wildman–Crippen MR) is 102 cm³/mol. The van der Waals surface area contributed by atoms with Gasteiger partial charge in [-0.25, -0.2) is 4.39 Å². The molecule has 0 bridgehead atoms. The summed E-state index contributed by atoms with van der Waals surface area (Å²) < 4.78 is 18.8. The number of carbonyl (C=O) groups excluding carboxylic acids is 2. The van der Waals surface area contributed by atoms with Crippen LogP contribution in [0.15, 0.2) is 48.5 Å². The van der Waals surface area contributed by atoms with Crippen molar-refractivity contribution < 1.29 is 23.8 Å². The molecule has 1 aliphatic rings. The minimum Gasteiger partial charge on any atom is -0.394 e. The summed E-state index contributed by atoms with van der Waals surface area (Å²) in [5.74, 6) is -0.652. The van der Waals surface area contributed by atoms with Gasteiger partial charge in [-0.1, -0.05) is 31.2 Å². The van der Waals surface area contributed by atoms with E-state index in [0.29, 0.717) is 12.1 Å². The fourth-order valence-electron chi connectivity index (χ4n) is 3.21. The van der Waals surface area contributed by atoms with Crippen molar-refractivity contribution in [2.45, 2.75) is 32.0 Å². The Hall–Kier alpha value is -2.77. The third-order valence-electron chi connectivity index (χ3n) is 4.75. The fraction of sp³-hybridized carbons (Fsp3) is 0.333. The van der Waals surface area contributed by atoms with Crippen LogP contribution in [0.3, 0.4) is 0 Å². The van der Waals surface area contributed by atoms with Crippen molar-refractivity contribution >= 4 is 17.5 Å². The van der Waals surface area contributed by atoms with Gasteiger partial charge >= 0.3 is 0 Å². The van der Waals surface area contributed by atoms with E-state index in [9.17, 15) is 19.1 Å². The minimum atomic E-state index is -0.567. The molecule has 148 valence electrons. The number of hydrogen-bond acceptors (Lipinski definition) is 4. The summed E-state index contributed by atoms with van der Waals surface area (Å²) in [6, 6.07) is 12.5. The van der Waals surface area contributed by atoms with Crippen molar-refractivity contribution in [3.63, 3.8) is 0 Å². The number of aliphatic hydroxyl groups excluding tert-OH is 1. The van der Waals surface area contributed by atoms with Crippen molar-refractivity contribution in [2.75, 3.05) is 18.5 Å². The SMILES string of the molecule is CCC(=O)Nc1ccc(C2OCC(=O)N(Cc3ccc(F)cc3)C2CO)cc1. The van der Waals surface area contributed by atoms with E-state index in [1.54, 1.807) is 36.1 Å². The van der Waals surface area contributed by atoms with Crippen molar-refractivity contribution in [3.8, 4) is 0 Å². The van der Waals surface area contributed by atoms with E-state index in [1.807, 2.05) is 12.1 Å². The van der Waals surface area contributed by atoms with Crippen LogP contribution in [0.1, 0.15) is 30.6 Å². The highest BCUT2D eigenvalue weighted by Crippen LogP contribution is 2.31. The number of aliphatic hydroxyl groups is 1. The lowest BCUT2D eigenvalue weighted by molar-refractivity contribution is -0.162. The van der Waals surface area contributed by atoms with E-state index >= 15 is 0 Å². The Morgan fingerprint density at radius 2 is 1.89 bits per heavy atom. The Labute approximate surface area is 162 Å². The van der Waals surface area contributed by atoms with Gasteiger partial charge in [-0.15, -0.1) is 0 Å². The van der Waals surface area contributed by atoms with Gasteiger partial charge in [0.05, 0.1) is 12.6 Å². The van der Waals surface area contributed by atoms with Crippen LogP contribution in [0.4, 0.5) is 10.1 Å². The second-order valence-electron chi connectivity index (χ2n) is 6.65. The average molecular weight is 386 g/mol. The molecule has 2 N–H and O–H groups in total. The van der Waals surface area contributed by atoms with Crippen LogP contribution in [0.25, 0.3) is 0 Å². The lowest BCUT2D eigenvalue weighted by Crippen LogP contribution is -2.52. The van der Waals surface area contributed by atoms with Gasteiger partial charge in [-0.2, -0.15) is 0 Å². The highest BCUT2D eigenvalue weighted by molar-refractivity contribution is 5.90. The quantitative estimate of drug-likeness (QED) is 0.800. The molecule has 2 aromatic rings. The molecule has 0 radical (unpaired) electrons. The number of nitrogens with zero attached hydrogens (tertiary/aromatic N) is 1. The van der Waals surface area contributed by atoms with Crippen LogP contribution in [-0.2, 0) is 20.9 Å². The molecule has 1 aliphatic heterocycles. The van der Waals surface area contributed by atoms with Gasteiger partial charge < -0.3 is 20.1 Å². The van der Waals surface area contributed by atoms with E-state index in [4.69, 9.17) is 4.74 Å². The Balaban J connectivity index is 1.78. The van der Waals surface area contributed by atoms with Gasteiger partial charge in [0.25, 0.3) is 0 Å². The van der Waals surface area contributed by atoms with Gasteiger partial charge in [0.15, 0.2) is 0 Å². The maximum Gasteiger partial charge on any atom is 0.249 e. The fourth-order valence-corrected chi connectivity index (χ4v) is 3.21. The third kappa shape index (κ3) is 4.55. The molecule has 0 aromatic heterocycles. The number of carbonyl (C=O) groups is 2. The number of amides is 2. The Morgan fingerprint density at radius 1 is 1.21 bits per heavy atom. The first-order valence-electron chi connectivity index (χ1n) is 9.18. The monoisotopic (exact) mass is 386 g/mol. The Kier molecular flexibility index (Phi) is 6.38. The topological polar surface area (TPSA) is 78.9 Å². The summed E-state index contributed by atoms with van der Waals surface area (Å²) in [6.07, 6.45) is -0.111. The van der Waals surface area contributed by atoms with Crippen LogP contribution < -0.4 is 5.32 Å². The zero-order chi connectivity index (χ0) is 20.1. The van der Waals surface area contributed by atoms with Crippen LogP contribution in [0, 0.1) is 5.82 Å². The zero-order valence-electron chi connectivity index (χ0n) is 15.6. The van der Waals surface area contributed by atoms with E-state index in [0.717, 1.165) is 11.1 Å². The molecular formula is C21H23FN2O4. The molecule has 2 amide bonds. The van der Waals surface area contributed by atoms with Gasteiger partial charge in [0.1, 0.15) is 18.5 Å². The van der Waals surface area contributed by atoms with Crippen LogP contribution in [0.2, 0.25) is 0 Å². The number of benzene rings is 2. The normalized spacial score (nSPS) is 19.5. The number of ether oxygens (including phenoxy) is 1. The lowest BCUT2D eigenvalue weighted by atomic mass is 9.98. The summed E-state index contributed by atoms with van der Waals surface area (Å²) in [5, 5.41) is 12.7. The lowest BCUT2D eigenvalue weighted by Gasteiger charge is -2.40. The first-order valence-corrected chi connectivity index (χ1v) is 9.18. The summed E-state index contributed by atoms with van der Waals surface area (Å²) in [4.78, 5) is 25.5. The molecule has 2 aromatic carbocycles. The third-order valence-corrected chi connectivity index (χ3v) is 4.75. The minimum absolute atomic E-state index is 0.0778. The largest absolute Gasteiger partial charge is 0.394 e. The first-order chi connectivity index (χ1) is 13.5. The van der Waals surface area contributed by atoms with E-state index in [2.05, 4.69) is 5.32 Å². The standard InChI is InChI=1S/C21H23FN2O4/c1-2-19(26)23-17-9-5-15(6-10-17)21-18(12-25)24(20(27)13-28-21)11-14-3-7-16(22)8-4-14/h3-10,18,21,25H,2,11-13H2,1H3,(H,23,26). The molecule has 0 aliphatic carbocycles. The number of nitrogens with one attached hydrogen (secondary N) is 1. The summed E-state index contributed by atoms with van der Waals surface area (Å²) in [6.45, 7) is 1.66. The smallest absolute Gasteiger partial charge is 0.249 e.